The van der Waals surface area contributed by atoms with Gasteiger partial charge in [0.1, 0.15) is 11.3 Å². The Morgan fingerprint density at radius 3 is 2.72 bits per heavy atom. The molecule has 5 nitrogen and oxygen atoms in total. The van der Waals surface area contributed by atoms with E-state index in [1.165, 1.54) is 0 Å². The lowest BCUT2D eigenvalue weighted by Gasteiger charge is -2.01. The molecule has 0 radical (unpaired) electrons. The summed E-state index contributed by atoms with van der Waals surface area (Å²) in [6.07, 6.45) is 3.17. The molecule has 1 N–H and O–H groups in total. The molecule has 18 heavy (non-hydrogen) atoms. The fraction of sp³-hybridized carbons (Fsp3) is 0.250. The van der Waals surface area contributed by atoms with E-state index in [1.807, 2.05) is 13.8 Å². The van der Waals surface area contributed by atoms with Crippen LogP contribution in [0, 0.1) is 0 Å². The minimum Gasteiger partial charge on any atom is -0.477 e. The molecule has 2 aromatic rings. The van der Waals surface area contributed by atoms with Gasteiger partial charge in [-0.05, 0) is 22.0 Å². The number of hydrogen-bond donors (Lipinski definition) is 1. The van der Waals surface area contributed by atoms with Crippen LogP contribution in [0.4, 0.5) is 0 Å². The van der Waals surface area contributed by atoms with Crippen molar-refractivity contribution in [3.05, 3.63) is 34.3 Å². The monoisotopic (exact) mass is 310 g/mol. The third-order valence-corrected chi connectivity index (χ3v) is 2.87. The average Bonchev–Trinajstić information content (AvgIpc) is 2.73. The molecule has 0 aliphatic carbocycles. The number of nitrogens with zero attached hydrogens (tertiary/aromatic N) is 2. The smallest absolute Gasteiger partial charge is 0.341 e. The highest BCUT2D eigenvalue weighted by atomic mass is 79.9. The highest BCUT2D eigenvalue weighted by Gasteiger charge is 2.25. The van der Waals surface area contributed by atoms with Gasteiger partial charge in [0.15, 0.2) is 5.76 Å². The van der Waals surface area contributed by atoms with E-state index in [2.05, 4.69) is 26.1 Å². The summed E-state index contributed by atoms with van der Waals surface area (Å²) >= 11 is 3.29. The third kappa shape index (κ3) is 2.28. The van der Waals surface area contributed by atoms with E-state index in [9.17, 15) is 9.90 Å². The number of aromatic carboxylic acids is 1. The molecule has 0 saturated carbocycles. The van der Waals surface area contributed by atoms with Crippen LogP contribution in [0.1, 0.15) is 35.9 Å². The Bertz CT molecular complexity index is 593. The second kappa shape index (κ2) is 4.89. The second-order valence-electron chi connectivity index (χ2n) is 4.12. The van der Waals surface area contributed by atoms with E-state index >= 15 is 0 Å². The maximum absolute atomic E-state index is 11.3. The van der Waals surface area contributed by atoms with Crippen LogP contribution in [0.2, 0.25) is 0 Å². The number of pyridine rings is 1. The first-order valence-electron chi connectivity index (χ1n) is 5.34. The minimum absolute atomic E-state index is 0.0440. The van der Waals surface area contributed by atoms with E-state index < -0.39 is 5.97 Å². The Balaban J connectivity index is 2.62. The normalized spacial score (nSPS) is 10.9. The van der Waals surface area contributed by atoms with Crippen LogP contribution >= 0.6 is 15.9 Å². The molecular weight excluding hydrogens is 300 g/mol. The van der Waals surface area contributed by atoms with Crippen LogP contribution in [0.25, 0.3) is 11.3 Å². The van der Waals surface area contributed by atoms with Crippen LogP contribution in [0.15, 0.2) is 27.5 Å². The molecule has 6 heteroatoms. The van der Waals surface area contributed by atoms with E-state index in [-0.39, 0.29) is 11.5 Å². The number of carboxylic acids is 1. The Labute approximate surface area is 112 Å². The number of halogens is 1. The number of rotatable bonds is 3. The summed E-state index contributed by atoms with van der Waals surface area (Å²) in [7, 11) is 0. The summed E-state index contributed by atoms with van der Waals surface area (Å²) in [6, 6.07) is 1.75. The van der Waals surface area contributed by atoms with Crippen LogP contribution in [-0.2, 0) is 0 Å². The summed E-state index contributed by atoms with van der Waals surface area (Å²) in [6.45, 7) is 3.71. The Morgan fingerprint density at radius 1 is 1.44 bits per heavy atom. The maximum Gasteiger partial charge on any atom is 0.341 e. The molecule has 0 unspecified atom stereocenters. The largest absolute Gasteiger partial charge is 0.477 e. The summed E-state index contributed by atoms with van der Waals surface area (Å²) in [4.78, 5) is 15.3. The van der Waals surface area contributed by atoms with Gasteiger partial charge >= 0.3 is 5.97 Å². The first kappa shape index (κ1) is 12.8. The topological polar surface area (TPSA) is 76.2 Å². The molecule has 2 aromatic heterocycles. The molecule has 0 aliphatic heterocycles. The lowest BCUT2D eigenvalue weighted by Crippen LogP contribution is -2.02. The van der Waals surface area contributed by atoms with Crippen LogP contribution < -0.4 is 0 Å². The van der Waals surface area contributed by atoms with Crippen molar-refractivity contribution in [2.75, 3.05) is 0 Å². The molecule has 94 valence electrons. The highest BCUT2D eigenvalue weighted by molar-refractivity contribution is 9.10. The van der Waals surface area contributed by atoms with Crippen molar-refractivity contribution >= 4 is 21.9 Å². The summed E-state index contributed by atoms with van der Waals surface area (Å²) in [5.41, 5.74) is 1.02. The van der Waals surface area contributed by atoms with Gasteiger partial charge in [0.05, 0.1) is 0 Å². The Hall–Kier alpha value is -1.69. The van der Waals surface area contributed by atoms with E-state index in [0.717, 1.165) is 4.47 Å². The first-order valence-corrected chi connectivity index (χ1v) is 6.13. The quantitative estimate of drug-likeness (QED) is 0.941. The van der Waals surface area contributed by atoms with Crippen molar-refractivity contribution in [2.24, 2.45) is 0 Å². The van der Waals surface area contributed by atoms with E-state index in [1.54, 1.807) is 18.5 Å². The summed E-state index contributed by atoms with van der Waals surface area (Å²) in [5.74, 6) is -0.718. The van der Waals surface area contributed by atoms with E-state index in [4.69, 9.17) is 4.52 Å². The SMILES string of the molecule is CC(C)c1onc(-c2cncc(Br)c2)c1C(=O)O. The molecule has 0 atom stereocenters. The van der Waals surface area contributed by atoms with Gasteiger partial charge in [-0.25, -0.2) is 4.79 Å². The molecule has 0 saturated heterocycles. The molecule has 0 spiro atoms. The average molecular weight is 311 g/mol. The van der Waals surface area contributed by atoms with Gasteiger partial charge in [-0.3, -0.25) is 4.98 Å². The number of carbonyl (C=O) groups is 1. The fourth-order valence-electron chi connectivity index (χ4n) is 1.64. The number of carboxylic acid groups (broad SMARTS) is 1. The zero-order chi connectivity index (χ0) is 13.3. The predicted octanol–water partition coefficient (Wildman–Crippen LogP) is 3.32. The van der Waals surface area contributed by atoms with Crippen molar-refractivity contribution in [3.8, 4) is 11.3 Å². The Morgan fingerprint density at radius 2 is 2.17 bits per heavy atom. The summed E-state index contributed by atoms with van der Waals surface area (Å²) < 4.78 is 5.89. The van der Waals surface area contributed by atoms with Crippen LogP contribution in [0.5, 0.6) is 0 Å². The zero-order valence-electron chi connectivity index (χ0n) is 9.85. The molecule has 2 heterocycles. The van der Waals surface area contributed by atoms with Gasteiger partial charge < -0.3 is 9.63 Å². The van der Waals surface area contributed by atoms with Crippen LogP contribution in [-0.4, -0.2) is 21.2 Å². The molecule has 0 bridgehead atoms. The molecule has 2 rings (SSSR count). The molecule has 0 amide bonds. The molecule has 0 fully saturated rings. The molecule has 0 aromatic carbocycles. The van der Waals surface area contributed by atoms with Gasteiger partial charge in [0.2, 0.25) is 0 Å². The predicted molar refractivity (Wildman–Crippen MR) is 68.5 cm³/mol. The lowest BCUT2D eigenvalue weighted by molar-refractivity contribution is 0.0694. The van der Waals surface area contributed by atoms with Gasteiger partial charge in [-0.15, -0.1) is 0 Å². The maximum atomic E-state index is 11.3. The van der Waals surface area contributed by atoms with Gasteiger partial charge in [0.25, 0.3) is 0 Å². The van der Waals surface area contributed by atoms with Gasteiger partial charge in [-0.2, -0.15) is 0 Å². The fourth-order valence-corrected chi connectivity index (χ4v) is 2.01. The van der Waals surface area contributed by atoms with Gasteiger partial charge in [-0.1, -0.05) is 19.0 Å². The number of hydrogen-bond acceptors (Lipinski definition) is 4. The highest BCUT2D eigenvalue weighted by Crippen LogP contribution is 2.30. The van der Waals surface area contributed by atoms with Gasteiger partial charge in [0, 0.05) is 28.3 Å². The van der Waals surface area contributed by atoms with Crippen molar-refractivity contribution in [1.29, 1.82) is 0 Å². The molecular formula is C12H11BrN2O3. The molecule has 0 aliphatic rings. The van der Waals surface area contributed by atoms with Crippen molar-refractivity contribution in [1.82, 2.24) is 10.1 Å². The van der Waals surface area contributed by atoms with Crippen molar-refractivity contribution in [2.45, 2.75) is 19.8 Å². The number of aromatic nitrogens is 2. The zero-order valence-corrected chi connectivity index (χ0v) is 11.4. The summed E-state index contributed by atoms with van der Waals surface area (Å²) in [5, 5.41) is 13.1. The van der Waals surface area contributed by atoms with Crippen molar-refractivity contribution in [3.63, 3.8) is 0 Å². The first-order chi connectivity index (χ1) is 8.50. The van der Waals surface area contributed by atoms with Crippen LogP contribution in [0.3, 0.4) is 0 Å². The Kier molecular flexibility index (Phi) is 3.47. The standard InChI is InChI=1S/C12H11BrN2O3/c1-6(2)11-9(12(16)17)10(15-18-11)7-3-8(13)5-14-4-7/h3-6H,1-2H3,(H,16,17). The van der Waals surface area contributed by atoms with Crippen molar-refractivity contribution < 1.29 is 14.4 Å². The van der Waals surface area contributed by atoms with E-state index in [0.29, 0.717) is 17.0 Å². The second-order valence-corrected chi connectivity index (χ2v) is 5.04. The lowest BCUT2D eigenvalue weighted by atomic mass is 10.0. The minimum atomic E-state index is -1.05. The third-order valence-electron chi connectivity index (χ3n) is 2.44.